The molecule has 25 N–H and O–H groups in total. The summed E-state index contributed by atoms with van der Waals surface area (Å²) in [5.41, 5.74) is 28.5. The van der Waals surface area contributed by atoms with E-state index in [2.05, 4.69) is 68.5 Å². The first-order valence-corrected chi connectivity index (χ1v) is 32.1. The number of aliphatic hydroxyl groups excluding tert-OH is 1. The van der Waals surface area contributed by atoms with Gasteiger partial charge in [0.05, 0.1) is 31.7 Å². The molecular weight excluding hydrogens is 1280 g/mol. The van der Waals surface area contributed by atoms with E-state index < -0.39 is 187 Å². The van der Waals surface area contributed by atoms with Gasteiger partial charge in [-0.3, -0.25) is 72.1 Å². The predicted molar refractivity (Wildman–Crippen MR) is 355 cm³/mol. The molecule has 1 heterocycles. The van der Waals surface area contributed by atoms with Gasteiger partial charge in [-0.25, -0.2) is 4.79 Å². The first-order valence-electron chi connectivity index (χ1n) is 32.1. The fourth-order valence-electron chi connectivity index (χ4n) is 9.83. The Hall–Kier alpha value is -10.00. The first kappa shape index (κ1) is 84.1. The van der Waals surface area contributed by atoms with E-state index in [1.54, 1.807) is 72.0 Å². The van der Waals surface area contributed by atoms with Gasteiger partial charge in [-0.1, -0.05) is 73.6 Å². The van der Waals surface area contributed by atoms with Crippen molar-refractivity contribution in [3.8, 4) is 0 Å². The Morgan fingerprint density at radius 1 is 0.490 bits per heavy atom. The van der Waals surface area contributed by atoms with Crippen molar-refractivity contribution >= 4 is 106 Å². The Kier molecular flexibility index (Phi) is 35.9. The minimum atomic E-state index is -1.91. The average Bonchev–Trinajstić information content (AvgIpc) is 1.62. The van der Waals surface area contributed by atoms with E-state index in [0.29, 0.717) is 16.5 Å². The number of para-hydroxylation sites is 1. The summed E-state index contributed by atoms with van der Waals surface area (Å²) in [5.74, 6) is -17.2. The van der Waals surface area contributed by atoms with Crippen LogP contribution in [0, 0.1) is 23.7 Å². The van der Waals surface area contributed by atoms with E-state index in [0.717, 1.165) is 6.92 Å². The number of nitrogens with zero attached hydrogens (tertiary/aromatic N) is 1. The highest BCUT2D eigenvalue weighted by Gasteiger charge is 2.37. The number of carboxylic acids is 2. The fourth-order valence-corrected chi connectivity index (χ4v) is 9.83. The number of amides is 13. The highest BCUT2D eigenvalue weighted by Crippen LogP contribution is 2.20. The maximum Gasteiger partial charge on any atom is 0.326 e. The second kappa shape index (κ2) is 41.8. The van der Waals surface area contributed by atoms with Gasteiger partial charge in [-0.2, -0.15) is 0 Å². The van der Waals surface area contributed by atoms with Gasteiger partial charge in [-0.15, -0.1) is 0 Å². The number of hydrogen-bond donors (Lipinski definition) is 20. The molecule has 1 aromatic carbocycles. The monoisotopic (exact) mass is 1380 g/mol. The van der Waals surface area contributed by atoms with Crippen LogP contribution in [0.3, 0.4) is 0 Å². The summed E-state index contributed by atoms with van der Waals surface area (Å²) in [6.45, 7) is 12.8. The van der Waals surface area contributed by atoms with Crippen LogP contribution >= 0.6 is 0 Å². The third-order valence-corrected chi connectivity index (χ3v) is 14.9. The average molecular weight is 1390 g/mol. The zero-order chi connectivity index (χ0) is 74.3. The Morgan fingerprint density at radius 3 is 1.47 bits per heavy atom. The molecule has 36 nitrogen and oxygen atoms in total. The lowest BCUT2D eigenvalue weighted by Gasteiger charge is -2.29. The highest BCUT2D eigenvalue weighted by molar-refractivity contribution is 6.00. The zero-order valence-electron chi connectivity index (χ0n) is 56.7. The number of aliphatic imine (C=N–C) groups is 1. The van der Waals surface area contributed by atoms with E-state index in [4.69, 9.17) is 28.7 Å². The van der Waals surface area contributed by atoms with Crippen molar-refractivity contribution in [3.63, 3.8) is 0 Å². The molecule has 0 aliphatic carbocycles. The summed E-state index contributed by atoms with van der Waals surface area (Å²) in [4.78, 5) is 206. The molecule has 546 valence electrons. The van der Waals surface area contributed by atoms with E-state index in [1.807, 2.05) is 0 Å². The van der Waals surface area contributed by atoms with Crippen molar-refractivity contribution in [3.05, 3.63) is 36.0 Å². The molecule has 1 aromatic heterocycles. The topological polar surface area (TPSA) is 607 Å². The normalized spacial score (nSPS) is 14.6. The van der Waals surface area contributed by atoms with Crippen molar-refractivity contribution in [1.82, 2.24) is 63.5 Å². The molecule has 98 heavy (non-hydrogen) atoms. The number of aliphatic hydroxyl groups is 1. The van der Waals surface area contributed by atoms with Gasteiger partial charge in [0, 0.05) is 42.9 Å². The van der Waals surface area contributed by atoms with Gasteiger partial charge in [-0.05, 0) is 87.2 Å². The lowest BCUT2D eigenvalue weighted by Crippen LogP contribution is -2.61. The number of guanidine groups is 1. The largest absolute Gasteiger partial charge is 0.481 e. The lowest BCUT2D eigenvalue weighted by atomic mass is 9.99. The van der Waals surface area contributed by atoms with E-state index >= 15 is 0 Å². The maximum atomic E-state index is 14.7. The number of fused-ring (bicyclic) bond motifs is 1. The summed E-state index contributed by atoms with van der Waals surface area (Å²) in [6.07, 6.45) is -2.61. The van der Waals surface area contributed by atoms with Crippen LogP contribution < -0.4 is 87.2 Å². The van der Waals surface area contributed by atoms with Gasteiger partial charge in [0.15, 0.2) is 5.96 Å². The summed E-state index contributed by atoms with van der Waals surface area (Å²) >= 11 is 0. The summed E-state index contributed by atoms with van der Waals surface area (Å²) in [7, 11) is 0. The quantitative estimate of drug-likeness (QED) is 0.0168. The van der Waals surface area contributed by atoms with Crippen LogP contribution in [0.2, 0.25) is 0 Å². The van der Waals surface area contributed by atoms with Crippen LogP contribution in [-0.2, 0) is 78.3 Å². The number of nitrogens with one attached hydrogen (secondary N) is 12. The molecule has 13 amide bonds. The molecule has 0 radical (unpaired) electrons. The van der Waals surface area contributed by atoms with Gasteiger partial charge in [0.2, 0.25) is 76.8 Å². The van der Waals surface area contributed by atoms with Crippen molar-refractivity contribution in [2.24, 2.45) is 57.3 Å². The standard InChI is InChI=1S/C62H100N18O18/c1-29(2)21-40(56(92)73-39(17-19-46(65)83)55(91)78-44(61(97)98)23-31(5)6)74-57(93)42(24-34-26-69-37-14-11-10-13-35(34)37)75-54(90)38(15-12-20-68-62(66)67)72-47(84)27-71-53(89)43(25-49(86)87)77-59(95)50(32(7)8)80-58(94)41(22-30(3)4)76-60(96)51(33(9)81)79-48(85)28-70-52(88)36(63)16-18-45(64)82/h10-11,13-14,26,29-33,36,38-44,50-51,69,81H,12,15-25,27-28,63H2,1-9H3,(H2,64,82)(H2,65,83)(H,70,88)(H,71,89)(H,72,84)(H,73,92)(H,74,93)(H,75,90)(H,76,96)(H,77,95)(H,78,91)(H,79,85)(H,80,94)(H,86,87)(H,97,98)(H4,66,67,68)/t33-,36+,38+,39+,40+,41+,42+,43+,44+,50+,51+/m1/s1. The van der Waals surface area contributed by atoms with Crippen molar-refractivity contribution < 1.29 is 87.2 Å². The van der Waals surface area contributed by atoms with E-state index in [-0.39, 0.29) is 88.0 Å². The molecule has 0 unspecified atom stereocenters. The number of hydrogen-bond acceptors (Lipinski definition) is 18. The van der Waals surface area contributed by atoms with Crippen LogP contribution in [0.4, 0.5) is 0 Å². The minimum absolute atomic E-state index is 0.0257. The highest BCUT2D eigenvalue weighted by atomic mass is 16.4. The van der Waals surface area contributed by atoms with E-state index in [1.165, 1.54) is 13.8 Å². The summed E-state index contributed by atoms with van der Waals surface area (Å²) in [6, 6.07) is -8.12. The Labute approximate surface area is 566 Å². The number of H-pyrrole nitrogens is 1. The van der Waals surface area contributed by atoms with Crippen LogP contribution in [-0.4, -0.2) is 201 Å². The Bertz CT molecular complexity index is 3150. The first-order chi connectivity index (χ1) is 45.8. The number of carbonyl (C=O) groups is 15. The molecule has 36 heteroatoms. The fraction of sp³-hybridized carbons (Fsp3) is 0.613. The SMILES string of the molecule is CC(C)C[C@H](NC(=O)[C@H](CCC(N)=O)NC(=O)[C@H](CC(C)C)NC(=O)[C@H](Cc1c[nH]c2ccccc12)NC(=O)[C@H](CCCN=C(N)N)NC(=O)CNC(=O)[C@H](CC(=O)O)NC(=O)[C@@H](NC(=O)[C@H](CC(C)C)NC(=O)[C@@H](NC(=O)CNC(=O)[C@@H](N)CCC(N)=O)[C@@H](C)O)C(C)C)C(=O)O. The van der Waals surface area contributed by atoms with E-state index in [9.17, 15) is 87.2 Å². The molecule has 0 bridgehead atoms. The molecule has 0 fully saturated rings. The van der Waals surface area contributed by atoms with Gasteiger partial charge < -0.3 is 107 Å². The predicted octanol–water partition coefficient (Wildman–Crippen LogP) is -5.05. The van der Waals surface area contributed by atoms with Crippen molar-refractivity contribution in [2.45, 2.75) is 199 Å². The van der Waals surface area contributed by atoms with Gasteiger partial charge in [0.1, 0.15) is 54.4 Å². The number of aromatic amines is 1. The number of benzene rings is 1. The van der Waals surface area contributed by atoms with Crippen LogP contribution in [0.15, 0.2) is 35.5 Å². The number of carboxylic acid groups (broad SMARTS) is 2. The van der Waals surface area contributed by atoms with Crippen molar-refractivity contribution in [1.29, 1.82) is 0 Å². The number of carbonyl (C=O) groups excluding carboxylic acids is 13. The number of nitrogens with two attached hydrogens (primary N) is 5. The maximum absolute atomic E-state index is 14.7. The number of aromatic nitrogens is 1. The molecule has 0 spiro atoms. The van der Waals surface area contributed by atoms with Crippen molar-refractivity contribution in [2.75, 3.05) is 19.6 Å². The summed E-state index contributed by atoms with van der Waals surface area (Å²) < 4.78 is 0. The van der Waals surface area contributed by atoms with Crippen LogP contribution in [0.5, 0.6) is 0 Å². The number of primary amides is 2. The second-order valence-electron chi connectivity index (χ2n) is 25.4. The van der Waals surface area contributed by atoms with Crippen LogP contribution in [0.1, 0.15) is 132 Å². The molecular formula is C62H100N18O18. The minimum Gasteiger partial charge on any atom is -0.481 e. The number of aliphatic carboxylic acids is 2. The third-order valence-electron chi connectivity index (χ3n) is 14.9. The third kappa shape index (κ3) is 31.3. The molecule has 0 saturated heterocycles. The molecule has 2 rings (SSSR count). The second-order valence-corrected chi connectivity index (χ2v) is 25.4. The molecule has 0 aliphatic heterocycles. The zero-order valence-corrected chi connectivity index (χ0v) is 56.7. The Morgan fingerprint density at radius 2 is 0.939 bits per heavy atom. The molecule has 11 atom stereocenters. The van der Waals surface area contributed by atoms with Crippen LogP contribution in [0.25, 0.3) is 10.9 Å². The Balaban J connectivity index is 2.45. The molecule has 0 aliphatic rings. The van der Waals surface area contributed by atoms with Gasteiger partial charge in [0.25, 0.3) is 0 Å². The number of rotatable bonds is 45. The smallest absolute Gasteiger partial charge is 0.326 e. The molecule has 0 saturated carbocycles. The lowest BCUT2D eigenvalue weighted by molar-refractivity contribution is -0.143. The summed E-state index contributed by atoms with van der Waals surface area (Å²) in [5, 5.41) is 57.6. The molecule has 2 aromatic rings. The van der Waals surface area contributed by atoms with Gasteiger partial charge >= 0.3 is 11.9 Å².